The van der Waals surface area contributed by atoms with Gasteiger partial charge in [0.2, 0.25) is 17.7 Å². The van der Waals surface area contributed by atoms with Gasteiger partial charge in [0.25, 0.3) is 0 Å². The van der Waals surface area contributed by atoms with Crippen LogP contribution >= 0.6 is 0 Å². The molecule has 0 spiro atoms. The van der Waals surface area contributed by atoms with Crippen molar-refractivity contribution < 1.29 is 24.3 Å². The highest BCUT2D eigenvalue weighted by Gasteiger charge is 2.32. The zero-order valence-electron chi connectivity index (χ0n) is 21.4. The molecule has 0 radical (unpaired) electrons. The van der Waals surface area contributed by atoms with Gasteiger partial charge in [0.05, 0.1) is 6.04 Å². The van der Waals surface area contributed by atoms with Crippen molar-refractivity contribution in [3.05, 3.63) is 35.9 Å². The van der Waals surface area contributed by atoms with Crippen LogP contribution in [0.1, 0.15) is 45.1 Å². The molecule has 12 nitrogen and oxygen atoms in total. The first-order valence-electron chi connectivity index (χ1n) is 12.5. The normalized spacial score (nSPS) is 17.3. The predicted molar refractivity (Wildman–Crippen MR) is 139 cm³/mol. The molecule has 0 aliphatic carbocycles. The third-order valence-corrected chi connectivity index (χ3v) is 6.10. The van der Waals surface area contributed by atoms with E-state index in [-0.39, 0.29) is 43.2 Å². The van der Waals surface area contributed by atoms with Crippen LogP contribution in [-0.4, -0.2) is 72.0 Å². The Morgan fingerprint density at radius 2 is 1.76 bits per heavy atom. The van der Waals surface area contributed by atoms with Gasteiger partial charge in [-0.25, -0.2) is 4.79 Å². The number of carboxylic acid groups (broad SMARTS) is 1. The lowest BCUT2D eigenvalue weighted by molar-refractivity contribution is -0.142. The molecule has 1 aromatic carbocycles. The number of nitrogens with one attached hydrogen (secondary N) is 4. The maximum Gasteiger partial charge on any atom is 0.326 e. The van der Waals surface area contributed by atoms with Crippen LogP contribution in [0.4, 0.5) is 0 Å². The lowest BCUT2D eigenvalue weighted by Gasteiger charge is -2.27. The summed E-state index contributed by atoms with van der Waals surface area (Å²) in [5.41, 5.74) is 11.4. The first kappa shape index (κ1) is 29.6. The van der Waals surface area contributed by atoms with Crippen LogP contribution in [0, 0.1) is 5.92 Å². The topological polar surface area (TPSA) is 201 Å². The largest absolute Gasteiger partial charge is 0.480 e. The van der Waals surface area contributed by atoms with Crippen LogP contribution in [0.25, 0.3) is 0 Å². The third kappa shape index (κ3) is 10.1. The number of rotatable bonds is 14. The first-order valence-corrected chi connectivity index (χ1v) is 12.5. The number of benzene rings is 1. The lowest BCUT2D eigenvalue weighted by Crippen LogP contribution is -2.58. The van der Waals surface area contributed by atoms with Gasteiger partial charge in [0.15, 0.2) is 5.96 Å². The van der Waals surface area contributed by atoms with Gasteiger partial charge in [-0.2, -0.15) is 0 Å². The van der Waals surface area contributed by atoms with Gasteiger partial charge in [-0.1, -0.05) is 44.2 Å². The Morgan fingerprint density at radius 1 is 1.05 bits per heavy atom. The number of amides is 3. The number of nitrogens with zero attached hydrogens (tertiary/aromatic N) is 1. The van der Waals surface area contributed by atoms with Crippen LogP contribution in [0.2, 0.25) is 0 Å². The van der Waals surface area contributed by atoms with Crippen molar-refractivity contribution in [1.29, 1.82) is 0 Å². The van der Waals surface area contributed by atoms with E-state index in [0.717, 1.165) is 18.5 Å². The molecule has 4 atom stereocenters. The molecule has 1 fully saturated rings. The molecule has 12 heteroatoms. The summed E-state index contributed by atoms with van der Waals surface area (Å²) in [6.07, 6.45) is 2.24. The standard InChI is InChI=1S/C25H39N7O5/c1-15(2)20(23(35)30-18(24(36)37)11-7-13-29-25(26)27)32-22(34)19(14-16-8-4-3-5-9-16)31-21(33)17-10-6-12-28-17/h3-5,8-9,15,17-20,28H,6-7,10-14H2,1-2H3,(H,30,35)(H,31,33)(H,32,34)(H,36,37)(H4,26,27,29). The molecule has 1 aromatic rings. The van der Waals surface area contributed by atoms with Gasteiger partial charge < -0.3 is 37.8 Å². The molecule has 1 heterocycles. The molecule has 204 valence electrons. The maximum absolute atomic E-state index is 13.3. The molecule has 3 amide bonds. The van der Waals surface area contributed by atoms with Gasteiger partial charge in [-0.05, 0) is 43.7 Å². The molecule has 2 rings (SSSR count). The second-order valence-corrected chi connectivity index (χ2v) is 9.48. The van der Waals surface area contributed by atoms with E-state index in [0.29, 0.717) is 12.8 Å². The van der Waals surface area contributed by atoms with Gasteiger partial charge in [0, 0.05) is 13.0 Å². The van der Waals surface area contributed by atoms with Crippen molar-refractivity contribution in [2.45, 2.75) is 70.1 Å². The van der Waals surface area contributed by atoms with E-state index in [1.54, 1.807) is 13.8 Å². The highest BCUT2D eigenvalue weighted by atomic mass is 16.4. The van der Waals surface area contributed by atoms with Crippen molar-refractivity contribution in [3.8, 4) is 0 Å². The number of carboxylic acids is 1. The highest BCUT2D eigenvalue weighted by Crippen LogP contribution is 2.10. The van der Waals surface area contributed by atoms with Gasteiger partial charge in [0.1, 0.15) is 18.1 Å². The molecule has 0 aromatic heterocycles. The average Bonchev–Trinajstić information content (AvgIpc) is 3.39. The fourth-order valence-corrected chi connectivity index (χ4v) is 4.05. The smallest absolute Gasteiger partial charge is 0.326 e. The Labute approximate surface area is 217 Å². The van der Waals surface area contributed by atoms with E-state index in [4.69, 9.17) is 11.5 Å². The zero-order valence-corrected chi connectivity index (χ0v) is 21.4. The minimum Gasteiger partial charge on any atom is -0.480 e. The summed E-state index contributed by atoms with van der Waals surface area (Å²) >= 11 is 0. The van der Waals surface area contributed by atoms with Crippen LogP contribution in [0.5, 0.6) is 0 Å². The summed E-state index contributed by atoms with van der Waals surface area (Å²) in [5, 5.41) is 20.7. The Bertz CT molecular complexity index is 944. The van der Waals surface area contributed by atoms with Crippen molar-refractivity contribution in [2.24, 2.45) is 22.4 Å². The summed E-state index contributed by atoms with van der Waals surface area (Å²) in [4.78, 5) is 54.6. The van der Waals surface area contributed by atoms with E-state index in [1.807, 2.05) is 30.3 Å². The van der Waals surface area contributed by atoms with E-state index in [2.05, 4.69) is 26.3 Å². The van der Waals surface area contributed by atoms with Crippen LogP contribution in [0.15, 0.2) is 35.3 Å². The monoisotopic (exact) mass is 517 g/mol. The van der Waals surface area contributed by atoms with E-state index >= 15 is 0 Å². The second kappa shape index (κ2) is 14.8. The molecule has 0 bridgehead atoms. The molecule has 37 heavy (non-hydrogen) atoms. The summed E-state index contributed by atoms with van der Waals surface area (Å²) in [5.74, 6) is -3.07. The number of hydrogen-bond acceptors (Lipinski definition) is 6. The summed E-state index contributed by atoms with van der Waals surface area (Å²) in [6, 6.07) is 5.78. The first-order chi connectivity index (χ1) is 17.6. The van der Waals surface area contributed by atoms with Gasteiger partial charge in [-0.15, -0.1) is 0 Å². The van der Waals surface area contributed by atoms with Crippen LogP contribution in [-0.2, 0) is 25.6 Å². The predicted octanol–water partition coefficient (Wildman–Crippen LogP) is -0.770. The van der Waals surface area contributed by atoms with E-state index in [9.17, 15) is 24.3 Å². The fraction of sp³-hybridized carbons (Fsp3) is 0.560. The Balaban J connectivity index is 2.10. The zero-order chi connectivity index (χ0) is 27.4. The minimum absolute atomic E-state index is 0.0978. The molecule has 4 unspecified atom stereocenters. The average molecular weight is 518 g/mol. The fourth-order valence-electron chi connectivity index (χ4n) is 4.05. The number of nitrogens with two attached hydrogens (primary N) is 2. The lowest BCUT2D eigenvalue weighted by atomic mass is 10.00. The summed E-state index contributed by atoms with van der Waals surface area (Å²) < 4.78 is 0. The Morgan fingerprint density at radius 3 is 2.32 bits per heavy atom. The highest BCUT2D eigenvalue weighted by molar-refractivity contribution is 5.94. The van der Waals surface area contributed by atoms with Crippen molar-refractivity contribution >= 4 is 29.7 Å². The van der Waals surface area contributed by atoms with Crippen molar-refractivity contribution in [3.63, 3.8) is 0 Å². The molecule has 9 N–H and O–H groups in total. The summed E-state index contributed by atoms with van der Waals surface area (Å²) in [7, 11) is 0. The molecular weight excluding hydrogens is 478 g/mol. The number of carbonyl (C=O) groups is 4. The Hall–Kier alpha value is -3.67. The quantitative estimate of drug-likeness (QED) is 0.0946. The summed E-state index contributed by atoms with van der Waals surface area (Å²) in [6.45, 7) is 4.45. The van der Waals surface area contributed by atoms with E-state index < -0.39 is 35.9 Å². The van der Waals surface area contributed by atoms with E-state index in [1.165, 1.54) is 0 Å². The maximum atomic E-state index is 13.3. The molecule has 1 aliphatic rings. The van der Waals surface area contributed by atoms with Gasteiger partial charge in [-0.3, -0.25) is 19.4 Å². The molecule has 1 aliphatic heterocycles. The van der Waals surface area contributed by atoms with Crippen LogP contribution < -0.4 is 32.7 Å². The second-order valence-electron chi connectivity index (χ2n) is 9.48. The molecule has 0 saturated carbocycles. The molecule has 1 saturated heterocycles. The number of hydrogen-bond donors (Lipinski definition) is 7. The van der Waals surface area contributed by atoms with Crippen molar-refractivity contribution in [2.75, 3.05) is 13.1 Å². The Kier molecular flexibility index (Phi) is 11.8. The SMILES string of the molecule is CC(C)C(NC(=O)C(Cc1ccccc1)NC(=O)C1CCCN1)C(=O)NC(CCCN=C(N)N)C(=O)O. The number of guanidine groups is 1. The minimum atomic E-state index is -1.20. The molecular formula is C25H39N7O5. The van der Waals surface area contributed by atoms with Crippen LogP contribution in [0.3, 0.4) is 0 Å². The number of aliphatic imine (C=N–C) groups is 1. The number of aliphatic carboxylic acids is 1. The van der Waals surface area contributed by atoms with Gasteiger partial charge >= 0.3 is 5.97 Å². The third-order valence-electron chi connectivity index (χ3n) is 6.10. The number of carbonyl (C=O) groups excluding carboxylic acids is 3. The van der Waals surface area contributed by atoms with Crippen molar-refractivity contribution in [1.82, 2.24) is 21.3 Å².